The van der Waals surface area contributed by atoms with Gasteiger partial charge in [-0.25, -0.2) is 12.8 Å². The summed E-state index contributed by atoms with van der Waals surface area (Å²) in [5.74, 6) is -0.718. The van der Waals surface area contributed by atoms with Gasteiger partial charge in [-0.1, -0.05) is 35.9 Å². The molecule has 3 rings (SSSR count). The Hall–Kier alpha value is -2.90. The summed E-state index contributed by atoms with van der Waals surface area (Å²) in [5, 5.41) is 2.98. The van der Waals surface area contributed by atoms with Gasteiger partial charge >= 0.3 is 0 Å². The molecule has 3 aromatic carbocycles. The standard InChI is InChI=1S/C20H16ClFN2O3S/c21-18-3-1-2-4-19(18)24-28(26,27)17-11-7-15(8-12-17)20(25)23-13-14-5-9-16(22)10-6-14/h1-12,24H,13H2,(H,23,25). The van der Waals surface area contributed by atoms with Gasteiger partial charge in [0.2, 0.25) is 0 Å². The molecule has 0 atom stereocenters. The molecule has 8 heteroatoms. The number of halogens is 2. The summed E-state index contributed by atoms with van der Waals surface area (Å²) in [6.45, 7) is 0.229. The van der Waals surface area contributed by atoms with Crippen LogP contribution in [0.25, 0.3) is 0 Å². The quantitative estimate of drug-likeness (QED) is 0.629. The van der Waals surface area contributed by atoms with Gasteiger partial charge in [0.25, 0.3) is 15.9 Å². The minimum Gasteiger partial charge on any atom is -0.348 e. The number of sulfonamides is 1. The number of nitrogens with one attached hydrogen (secondary N) is 2. The average Bonchev–Trinajstić information content (AvgIpc) is 2.69. The zero-order valence-corrected chi connectivity index (χ0v) is 16.1. The second-order valence-corrected chi connectivity index (χ2v) is 8.01. The number of hydrogen-bond donors (Lipinski definition) is 2. The summed E-state index contributed by atoms with van der Waals surface area (Å²) in [6, 6.07) is 17.8. The van der Waals surface area contributed by atoms with Crippen molar-refractivity contribution in [1.82, 2.24) is 5.32 Å². The van der Waals surface area contributed by atoms with E-state index in [0.29, 0.717) is 5.56 Å². The minimum atomic E-state index is -3.84. The highest BCUT2D eigenvalue weighted by Gasteiger charge is 2.16. The molecule has 0 spiro atoms. The summed E-state index contributed by atoms with van der Waals surface area (Å²) in [6.07, 6.45) is 0. The predicted octanol–water partition coefficient (Wildman–Crippen LogP) is 4.21. The molecule has 0 heterocycles. The predicted molar refractivity (Wildman–Crippen MR) is 106 cm³/mol. The van der Waals surface area contributed by atoms with Gasteiger partial charge in [0.05, 0.1) is 15.6 Å². The number of carbonyl (C=O) groups excluding carboxylic acids is 1. The Bertz CT molecular complexity index is 1090. The Kier molecular flexibility index (Phi) is 5.96. The summed E-state index contributed by atoms with van der Waals surface area (Å²) < 4.78 is 40.3. The van der Waals surface area contributed by atoms with Crippen molar-refractivity contribution in [2.75, 3.05) is 4.72 Å². The largest absolute Gasteiger partial charge is 0.348 e. The molecule has 3 aromatic rings. The SMILES string of the molecule is O=C(NCc1ccc(F)cc1)c1ccc(S(=O)(=O)Nc2ccccc2Cl)cc1. The van der Waals surface area contributed by atoms with E-state index in [1.807, 2.05) is 0 Å². The van der Waals surface area contributed by atoms with E-state index in [2.05, 4.69) is 10.0 Å². The van der Waals surface area contributed by atoms with Crippen LogP contribution in [0, 0.1) is 5.82 Å². The third-order valence-electron chi connectivity index (χ3n) is 3.91. The van der Waals surface area contributed by atoms with Gasteiger partial charge in [-0.15, -0.1) is 0 Å². The monoisotopic (exact) mass is 418 g/mol. The molecule has 0 aromatic heterocycles. The van der Waals surface area contributed by atoms with Crippen LogP contribution in [0.2, 0.25) is 5.02 Å². The van der Waals surface area contributed by atoms with Gasteiger partial charge in [0.1, 0.15) is 5.82 Å². The molecule has 5 nitrogen and oxygen atoms in total. The van der Waals surface area contributed by atoms with Crippen molar-refractivity contribution in [3.8, 4) is 0 Å². The number of benzene rings is 3. The van der Waals surface area contributed by atoms with Gasteiger partial charge in [0.15, 0.2) is 0 Å². The van der Waals surface area contributed by atoms with Gasteiger partial charge in [-0.05, 0) is 54.1 Å². The van der Waals surface area contributed by atoms with E-state index >= 15 is 0 Å². The van der Waals surface area contributed by atoms with Crippen molar-refractivity contribution < 1.29 is 17.6 Å². The van der Waals surface area contributed by atoms with Crippen LogP contribution in [-0.2, 0) is 16.6 Å². The van der Waals surface area contributed by atoms with E-state index in [0.717, 1.165) is 5.56 Å². The first-order chi connectivity index (χ1) is 13.3. The minimum absolute atomic E-state index is 0.00232. The highest BCUT2D eigenvalue weighted by atomic mass is 35.5. The van der Waals surface area contributed by atoms with Crippen LogP contribution in [0.5, 0.6) is 0 Å². The van der Waals surface area contributed by atoms with E-state index in [1.165, 1.54) is 36.4 Å². The molecular weight excluding hydrogens is 403 g/mol. The van der Waals surface area contributed by atoms with Crippen molar-refractivity contribution in [2.24, 2.45) is 0 Å². The smallest absolute Gasteiger partial charge is 0.261 e. The molecule has 0 unspecified atom stereocenters. The molecule has 0 aliphatic heterocycles. The Balaban J connectivity index is 1.67. The summed E-state index contributed by atoms with van der Waals surface area (Å²) in [7, 11) is -3.84. The molecule has 0 saturated heterocycles. The third kappa shape index (κ3) is 4.88. The van der Waals surface area contributed by atoms with Crippen LogP contribution in [0.4, 0.5) is 10.1 Å². The van der Waals surface area contributed by atoms with Crippen molar-refractivity contribution in [3.63, 3.8) is 0 Å². The number of hydrogen-bond acceptors (Lipinski definition) is 3. The summed E-state index contributed by atoms with van der Waals surface area (Å²) >= 11 is 5.98. The van der Waals surface area contributed by atoms with Crippen LogP contribution >= 0.6 is 11.6 Å². The molecular formula is C20H16ClFN2O3S. The maximum Gasteiger partial charge on any atom is 0.261 e. The fourth-order valence-electron chi connectivity index (χ4n) is 2.42. The average molecular weight is 419 g/mol. The van der Waals surface area contributed by atoms with Crippen LogP contribution in [0.3, 0.4) is 0 Å². The van der Waals surface area contributed by atoms with E-state index in [4.69, 9.17) is 11.6 Å². The highest BCUT2D eigenvalue weighted by molar-refractivity contribution is 7.92. The third-order valence-corrected chi connectivity index (χ3v) is 5.62. The molecule has 0 bridgehead atoms. The van der Waals surface area contributed by atoms with Gasteiger partial charge in [-0.3, -0.25) is 9.52 Å². The molecule has 0 fully saturated rings. The highest BCUT2D eigenvalue weighted by Crippen LogP contribution is 2.24. The fraction of sp³-hybridized carbons (Fsp3) is 0.0500. The van der Waals surface area contributed by atoms with Crippen molar-refractivity contribution in [1.29, 1.82) is 0 Å². The van der Waals surface area contributed by atoms with Crippen LogP contribution in [0.15, 0.2) is 77.7 Å². The Morgan fingerprint density at radius 1 is 0.929 bits per heavy atom. The number of rotatable bonds is 6. The maximum atomic E-state index is 12.9. The maximum absolute atomic E-state index is 12.9. The lowest BCUT2D eigenvalue weighted by Crippen LogP contribution is -2.23. The van der Waals surface area contributed by atoms with E-state index in [-0.39, 0.29) is 33.9 Å². The first-order valence-corrected chi connectivity index (χ1v) is 10.1. The normalized spacial score (nSPS) is 11.1. The van der Waals surface area contributed by atoms with Crippen LogP contribution in [0.1, 0.15) is 15.9 Å². The number of para-hydroxylation sites is 1. The summed E-state index contributed by atoms with van der Waals surface area (Å²) in [4.78, 5) is 12.2. The lowest BCUT2D eigenvalue weighted by molar-refractivity contribution is 0.0951. The van der Waals surface area contributed by atoms with Crippen molar-refractivity contribution in [3.05, 3.63) is 94.8 Å². The van der Waals surface area contributed by atoms with E-state index < -0.39 is 10.0 Å². The zero-order valence-electron chi connectivity index (χ0n) is 14.5. The lowest BCUT2D eigenvalue weighted by Gasteiger charge is -2.10. The lowest BCUT2D eigenvalue weighted by atomic mass is 10.2. The second kappa shape index (κ2) is 8.41. The molecule has 0 aliphatic carbocycles. The molecule has 1 amide bonds. The molecule has 28 heavy (non-hydrogen) atoms. The second-order valence-electron chi connectivity index (χ2n) is 5.92. The molecule has 0 aliphatic rings. The molecule has 2 N–H and O–H groups in total. The molecule has 144 valence electrons. The van der Waals surface area contributed by atoms with E-state index in [9.17, 15) is 17.6 Å². The van der Waals surface area contributed by atoms with E-state index in [1.54, 1.807) is 36.4 Å². The Labute approximate surface area is 167 Å². The van der Waals surface area contributed by atoms with Crippen LogP contribution < -0.4 is 10.0 Å². The molecule has 0 radical (unpaired) electrons. The Morgan fingerprint density at radius 3 is 2.21 bits per heavy atom. The summed E-state index contributed by atoms with van der Waals surface area (Å²) in [5.41, 5.74) is 1.32. The zero-order chi connectivity index (χ0) is 20.1. The van der Waals surface area contributed by atoms with Crippen molar-refractivity contribution >= 4 is 33.2 Å². The first kappa shape index (κ1) is 19.9. The van der Waals surface area contributed by atoms with Gasteiger partial charge in [0, 0.05) is 12.1 Å². The Morgan fingerprint density at radius 2 is 1.57 bits per heavy atom. The molecule has 0 saturated carbocycles. The topological polar surface area (TPSA) is 75.3 Å². The fourth-order valence-corrected chi connectivity index (χ4v) is 3.74. The number of amides is 1. The number of carbonyl (C=O) groups is 1. The first-order valence-electron chi connectivity index (χ1n) is 8.25. The van der Waals surface area contributed by atoms with Crippen LogP contribution in [-0.4, -0.2) is 14.3 Å². The number of anilines is 1. The van der Waals surface area contributed by atoms with Crippen molar-refractivity contribution in [2.45, 2.75) is 11.4 Å². The van der Waals surface area contributed by atoms with Gasteiger partial charge in [-0.2, -0.15) is 0 Å². The van der Waals surface area contributed by atoms with Gasteiger partial charge < -0.3 is 5.32 Å².